The van der Waals surface area contributed by atoms with E-state index < -0.39 is 41.6 Å². The second-order valence-electron chi connectivity index (χ2n) is 11.3. The second kappa shape index (κ2) is 17.3. The molecule has 55 heavy (non-hydrogen) atoms. The largest absolute Gasteiger partial charge is 2.00 e. The molecule has 4 aliphatic rings. The van der Waals surface area contributed by atoms with Crippen LogP contribution in [-0.4, -0.2) is 107 Å². The fourth-order valence-corrected chi connectivity index (χ4v) is 6.15. The molecule has 2 N–H and O–H groups in total. The number of nitrogens with zero attached hydrogens (tertiary/aromatic N) is 6. The van der Waals surface area contributed by atoms with Crippen molar-refractivity contribution in [3.8, 4) is 0 Å². The molecule has 4 aliphatic carbocycles. The SMILES string of the molecule is Cc1c(N=NC2=C3C=CC(=S(=O)([O-])O)C=C3C=CC2=O)cccc1[N+](=O)[O-].Cc1c(N=NC2=C3C=CC(=S(=O)([O-])O)C=C3C=CC2=O)cccc1[N+](=O)[O-].[Ba+2]. The molecule has 6 rings (SSSR count). The Morgan fingerprint density at radius 2 is 0.945 bits per heavy atom. The predicted octanol–water partition coefficient (Wildman–Crippen LogP) is 5.49. The first-order chi connectivity index (χ1) is 25.4. The van der Waals surface area contributed by atoms with Crippen LogP contribution in [0.4, 0.5) is 22.7 Å². The molecule has 0 aromatic heterocycles. The van der Waals surface area contributed by atoms with Crippen LogP contribution in [-0.2, 0) is 29.8 Å². The van der Waals surface area contributed by atoms with E-state index in [2.05, 4.69) is 20.5 Å². The van der Waals surface area contributed by atoms with Crippen LogP contribution in [0, 0.1) is 34.1 Å². The molecule has 2 atom stereocenters. The Kier molecular flexibility index (Phi) is 13.5. The number of carbonyl (C=O) groups excluding carboxylic acids is 2. The number of hydrogen-bond donors (Lipinski definition) is 2. The minimum atomic E-state index is -4.39. The zero-order valence-electron chi connectivity index (χ0n) is 28.4. The number of carbonyl (C=O) groups is 2. The third kappa shape index (κ3) is 9.88. The number of rotatable bonds is 6. The molecule has 2 unspecified atom stereocenters. The molecule has 276 valence electrons. The van der Waals surface area contributed by atoms with E-state index in [0.717, 1.165) is 12.2 Å². The van der Waals surface area contributed by atoms with Gasteiger partial charge in [-0.15, -0.1) is 20.5 Å². The summed E-state index contributed by atoms with van der Waals surface area (Å²) in [5.74, 6) is -0.900. The predicted molar refractivity (Wildman–Crippen MR) is 200 cm³/mol. The Morgan fingerprint density at radius 3 is 1.27 bits per heavy atom. The van der Waals surface area contributed by atoms with Gasteiger partial charge in [-0.3, -0.25) is 38.2 Å². The molecule has 0 fully saturated rings. The Bertz CT molecular complexity index is 2470. The molecule has 2 aromatic rings. The number of fused-ring (bicyclic) bond motifs is 2. The summed E-state index contributed by atoms with van der Waals surface area (Å²) < 4.78 is 63.3. The van der Waals surface area contributed by atoms with E-state index in [1.807, 2.05) is 0 Å². The quantitative estimate of drug-likeness (QED) is 0.120. The number of hydrogen-bond acceptors (Lipinski definition) is 14. The zero-order chi connectivity index (χ0) is 39.5. The first-order valence-corrected chi connectivity index (χ1v) is 18.0. The number of azo groups is 2. The molecule has 0 heterocycles. The normalized spacial score (nSPS) is 18.2. The third-order valence-electron chi connectivity index (χ3n) is 7.91. The maximum Gasteiger partial charge on any atom is 2.00 e. The van der Waals surface area contributed by atoms with Crippen molar-refractivity contribution in [1.82, 2.24) is 0 Å². The van der Waals surface area contributed by atoms with Gasteiger partial charge in [-0.25, -0.2) is 0 Å². The van der Waals surface area contributed by atoms with Gasteiger partial charge in [0.05, 0.1) is 32.3 Å². The Balaban J connectivity index is 0.000000240. The fourth-order valence-electron chi connectivity index (χ4n) is 5.11. The first kappa shape index (κ1) is 42.9. The monoisotopic (exact) mass is 910 g/mol. The molecule has 0 saturated carbocycles. The van der Waals surface area contributed by atoms with Crippen LogP contribution < -0.4 is 0 Å². The van der Waals surface area contributed by atoms with Gasteiger partial charge in [0.1, 0.15) is 11.4 Å². The van der Waals surface area contributed by atoms with Crippen LogP contribution in [0.1, 0.15) is 11.1 Å². The molecule has 0 aliphatic heterocycles. The summed E-state index contributed by atoms with van der Waals surface area (Å²) in [6.45, 7) is 3.04. The van der Waals surface area contributed by atoms with E-state index in [1.54, 1.807) is 0 Å². The van der Waals surface area contributed by atoms with Crippen LogP contribution in [0.3, 0.4) is 0 Å². The molecular weight excluding hydrogens is 886 g/mol. The maximum atomic E-state index is 12.2. The Hall–Kier alpha value is -4.85. The minimum absolute atomic E-state index is 0. The van der Waals surface area contributed by atoms with Crippen molar-refractivity contribution < 1.29 is 46.1 Å². The molecule has 21 heteroatoms. The van der Waals surface area contributed by atoms with Crippen LogP contribution in [0.2, 0.25) is 0 Å². The molecule has 0 bridgehead atoms. The van der Waals surface area contributed by atoms with Crippen LogP contribution in [0.25, 0.3) is 0 Å². The summed E-state index contributed by atoms with van der Waals surface area (Å²) >= 11 is 0. The van der Waals surface area contributed by atoms with Crippen molar-refractivity contribution in [3.63, 3.8) is 0 Å². The standard InChI is InChI=1S/2C17H13N3O6S.Ba/c2*1-10-14(3-2-4-15(10)20(22)23)18-19-17-13-7-6-12(27(24,25)26)9-11(13)5-8-16(17)21;/h2*2-9H,1H3,(H2,24,25,26);/q;;+2/p-2. The number of ketones is 2. The number of nitro groups is 2. The van der Waals surface area contributed by atoms with Crippen LogP contribution in [0.5, 0.6) is 0 Å². The summed E-state index contributed by atoms with van der Waals surface area (Å²) in [5, 5.41) is 37.8. The van der Waals surface area contributed by atoms with Crippen molar-refractivity contribution in [2.45, 2.75) is 13.8 Å². The van der Waals surface area contributed by atoms with Crippen molar-refractivity contribution in [2.75, 3.05) is 0 Å². The van der Waals surface area contributed by atoms with Gasteiger partial charge in [-0.1, -0.05) is 36.4 Å². The van der Waals surface area contributed by atoms with Crippen molar-refractivity contribution in [3.05, 3.63) is 162 Å². The summed E-state index contributed by atoms with van der Waals surface area (Å²) in [6, 6.07) is 8.64. The first-order valence-electron chi connectivity index (χ1n) is 15.1. The maximum absolute atomic E-state index is 12.2. The van der Waals surface area contributed by atoms with E-state index >= 15 is 0 Å². The average molecular weight is 910 g/mol. The number of allylic oxidation sites excluding steroid dienone is 14. The summed E-state index contributed by atoms with van der Waals surface area (Å²) in [7, 11) is -8.77. The second-order valence-corrected chi connectivity index (χ2v) is 14.1. The van der Waals surface area contributed by atoms with Gasteiger partial charge in [0.15, 0.2) is 0 Å². The van der Waals surface area contributed by atoms with Gasteiger partial charge in [-0.2, -0.15) is 0 Å². The molecule has 0 spiro atoms. The number of nitro benzene ring substituents is 2. The average Bonchev–Trinajstić information content (AvgIpc) is 3.10. The Morgan fingerprint density at radius 1 is 0.582 bits per heavy atom. The van der Waals surface area contributed by atoms with E-state index in [9.17, 15) is 47.3 Å². The molecule has 0 amide bonds. The summed E-state index contributed by atoms with van der Waals surface area (Å²) in [6.07, 6.45) is 12.6. The summed E-state index contributed by atoms with van der Waals surface area (Å²) in [4.78, 5) is 44.6. The topological polar surface area (TPSA) is 291 Å². The van der Waals surface area contributed by atoms with Crippen LogP contribution in [0.15, 0.2) is 151 Å². The van der Waals surface area contributed by atoms with Gasteiger partial charge in [-0.05, 0) is 73.6 Å². The molecular formula is C34H24BaN6O12S2. The van der Waals surface area contributed by atoms with Gasteiger partial charge in [0.25, 0.3) is 11.4 Å². The van der Waals surface area contributed by atoms with E-state index in [0.29, 0.717) is 33.4 Å². The van der Waals surface area contributed by atoms with Gasteiger partial charge in [0, 0.05) is 53.2 Å². The third-order valence-corrected chi connectivity index (χ3v) is 9.61. The molecule has 0 saturated heterocycles. The molecule has 18 nitrogen and oxygen atoms in total. The van der Waals surface area contributed by atoms with Crippen LogP contribution >= 0.6 is 0 Å². The van der Waals surface area contributed by atoms with Crippen molar-refractivity contribution in [2.24, 2.45) is 20.5 Å². The Labute approximate surface area is 352 Å². The van der Waals surface area contributed by atoms with Gasteiger partial charge < -0.3 is 18.2 Å². The fraction of sp³-hybridized carbons (Fsp3) is 0.0588. The van der Waals surface area contributed by atoms with Gasteiger partial charge in [0.2, 0.25) is 11.6 Å². The van der Waals surface area contributed by atoms with Gasteiger partial charge >= 0.3 is 48.9 Å². The number of benzene rings is 2. The smallest absolute Gasteiger partial charge is 0.757 e. The van der Waals surface area contributed by atoms with E-state index in [4.69, 9.17) is 9.11 Å². The minimum Gasteiger partial charge on any atom is -0.757 e. The summed E-state index contributed by atoms with van der Waals surface area (Å²) in [5.41, 5.74) is 2.15. The molecule has 0 radical (unpaired) electrons. The van der Waals surface area contributed by atoms with Crippen molar-refractivity contribution >= 4 is 113 Å². The van der Waals surface area contributed by atoms with Crippen molar-refractivity contribution in [1.29, 1.82) is 0 Å². The molecule has 2 aromatic carbocycles. The van der Waals surface area contributed by atoms with E-state index in [1.165, 1.54) is 98.9 Å². The van der Waals surface area contributed by atoms with E-state index in [-0.39, 0.29) is 92.8 Å². The zero-order valence-corrected chi connectivity index (χ0v) is 34.5.